The van der Waals surface area contributed by atoms with Gasteiger partial charge in [-0.15, -0.1) is 0 Å². The number of oxime groups is 1. The molecule has 2 aromatic heterocycles. The molecule has 2 aromatic rings. The molecule has 0 radical (unpaired) electrons. The molecule has 0 atom stereocenters. The Morgan fingerprint density at radius 1 is 1.59 bits per heavy atom. The molecule has 2 heterocycles. The lowest BCUT2D eigenvalue weighted by Gasteiger charge is -2.06. The Balaban J connectivity index is 2.32. The minimum absolute atomic E-state index is 0.0288. The lowest BCUT2D eigenvalue weighted by atomic mass is 10.2. The van der Waals surface area contributed by atoms with Crippen molar-refractivity contribution in [2.75, 3.05) is 0 Å². The second-order valence-electron chi connectivity index (χ2n) is 3.35. The Bertz CT molecular complexity index is 551. The number of hydrogen-bond donors (Lipinski definition) is 2. The van der Waals surface area contributed by atoms with E-state index in [0.29, 0.717) is 17.3 Å². The molecule has 0 saturated carbocycles. The number of hydrogen-bond acceptors (Lipinski definition) is 4. The summed E-state index contributed by atoms with van der Waals surface area (Å²) in [6.45, 7) is 0.451. The largest absolute Gasteiger partial charge is 0.409 e. The lowest BCUT2D eigenvalue weighted by molar-refractivity contribution is 0.318. The molecule has 0 aromatic carbocycles. The van der Waals surface area contributed by atoms with Crippen LogP contribution >= 0.6 is 11.6 Å². The normalized spacial score (nSPS) is 11.7. The van der Waals surface area contributed by atoms with Crippen LogP contribution in [0.2, 0.25) is 5.02 Å². The maximum absolute atomic E-state index is 8.66. The number of halogens is 1. The van der Waals surface area contributed by atoms with Crippen molar-refractivity contribution in [3.63, 3.8) is 0 Å². The van der Waals surface area contributed by atoms with Crippen molar-refractivity contribution < 1.29 is 5.21 Å². The van der Waals surface area contributed by atoms with Crippen molar-refractivity contribution in [3.05, 3.63) is 47.0 Å². The molecule has 0 amide bonds. The third-order valence-corrected chi connectivity index (χ3v) is 2.37. The lowest BCUT2D eigenvalue weighted by Crippen LogP contribution is -2.18. The summed E-state index contributed by atoms with van der Waals surface area (Å²) >= 11 is 5.77. The quantitative estimate of drug-likeness (QED) is 0.370. The van der Waals surface area contributed by atoms with E-state index >= 15 is 0 Å². The predicted molar refractivity (Wildman–Crippen MR) is 63.1 cm³/mol. The minimum atomic E-state index is -0.0288. The molecule has 0 fully saturated rings. The number of pyridine rings is 1. The number of rotatable bonds is 3. The Morgan fingerprint density at radius 2 is 2.41 bits per heavy atom. The molecule has 88 valence electrons. The second-order valence-corrected chi connectivity index (χ2v) is 3.79. The van der Waals surface area contributed by atoms with Crippen LogP contribution in [0.4, 0.5) is 0 Å². The van der Waals surface area contributed by atoms with Crippen LogP contribution < -0.4 is 5.73 Å². The van der Waals surface area contributed by atoms with E-state index in [1.165, 1.54) is 0 Å². The summed E-state index contributed by atoms with van der Waals surface area (Å²) in [6.07, 6.45) is 4.80. The number of nitrogens with zero attached hydrogens (tertiary/aromatic N) is 4. The van der Waals surface area contributed by atoms with Gasteiger partial charge in [-0.2, -0.15) is 5.10 Å². The molecule has 0 spiro atoms. The van der Waals surface area contributed by atoms with Gasteiger partial charge in [0.25, 0.3) is 0 Å². The number of amidine groups is 1. The van der Waals surface area contributed by atoms with Crippen LogP contribution in [0.3, 0.4) is 0 Å². The van der Waals surface area contributed by atoms with Gasteiger partial charge in [0.15, 0.2) is 5.84 Å². The molecule has 6 nitrogen and oxygen atoms in total. The van der Waals surface area contributed by atoms with E-state index in [-0.39, 0.29) is 5.84 Å². The first-order chi connectivity index (χ1) is 8.20. The first-order valence-corrected chi connectivity index (χ1v) is 5.18. The maximum Gasteiger partial charge on any atom is 0.189 e. The van der Waals surface area contributed by atoms with Gasteiger partial charge in [-0.3, -0.25) is 9.67 Å². The molecule has 2 rings (SSSR count). The summed E-state index contributed by atoms with van der Waals surface area (Å²) in [6, 6.07) is 3.60. The van der Waals surface area contributed by atoms with Crippen molar-refractivity contribution in [3.8, 4) is 0 Å². The van der Waals surface area contributed by atoms with E-state index < -0.39 is 0 Å². The minimum Gasteiger partial charge on any atom is -0.409 e. The highest BCUT2D eigenvalue weighted by Gasteiger charge is 2.09. The van der Waals surface area contributed by atoms with E-state index in [1.807, 2.05) is 6.07 Å². The van der Waals surface area contributed by atoms with Crippen LogP contribution in [0.25, 0.3) is 0 Å². The maximum atomic E-state index is 8.66. The fourth-order valence-electron chi connectivity index (χ4n) is 1.44. The van der Waals surface area contributed by atoms with Crippen molar-refractivity contribution in [1.82, 2.24) is 14.8 Å². The van der Waals surface area contributed by atoms with Gasteiger partial charge in [-0.05, 0) is 6.07 Å². The Hall–Kier alpha value is -2.08. The van der Waals surface area contributed by atoms with Crippen molar-refractivity contribution in [2.24, 2.45) is 10.9 Å². The van der Waals surface area contributed by atoms with E-state index in [0.717, 1.165) is 5.56 Å². The van der Waals surface area contributed by atoms with Crippen molar-refractivity contribution >= 4 is 17.4 Å². The van der Waals surface area contributed by atoms with Gasteiger partial charge < -0.3 is 10.9 Å². The fourth-order valence-corrected chi connectivity index (χ4v) is 1.60. The summed E-state index contributed by atoms with van der Waals surface area (Å²) in [4.78, 5) is 4.06. The molecular weight excluding hydrogens is 242 g/mol. The Labute approximate surface area is 102 Å². The van der Waals surface area contributed by atoms with Crippen LogP contribution in [0.1, 0.15) is 11.3 Å². The van der Waals surface area contributed by atoms with E-state index in [9.17, 15) is 0 Å². The highest BCUT2D eigenvalue weighted by molar-refractivity contribution is 6.30. The summed E-state index contributed by atoms with van der Waals surface area (Å²) in [5.41, 5.74) is 6.76. The second kappa shape index (κ2) is 4.84. The summed E-state index contributed by atoms with van der Waals surface area (Å²) in [5.74, 6) is -0.0288. The molecule has 0 aliphatic carbocycles. The van der Waals surface area contributed by atoms with Crippen LogP contribution in [0.5, 0.6) is 0 Å². The zero-order valence-corrected chi connectivity index (χ0v) is 9.54. The highest BCUT2D eigenvalue weighted by Crippen LogP contribution is 2.10. The Kier molecular flexibility index (Phi) is 3.24. The monoisotopic (exact) mass is 251 g/mol. The standard InChI is InChI=1S/C10H10ClN5O/c11-8-4-14-16(6-8)5-7-2-1-3-13-9(7)10(12)15-17/h1-4,6,17H,5H2,(H2,12,15). The van der Waals surface area contributed by atoms with E-state index in [2.05, 4.69) is 15.2 Å². The molecule has 3 N–H and O–H groups in total. The van der Waals surface area contributed by atoms with Gasteiger partial charge in [0, 0.05) is 18.0 Å². The fraction of sp³-hybridized carbons (Fsp3) is 0.100. The van der Waals surface area contributed by atoms with Gasteiger partial charge in [0.2, 0.25) is 0 Å². The summed E-state index contributed by atoms with van der Waals surface area (Å²) < 4.78 is 1.65. The first kappa shape index (κ1) is 11.4. The zero-order valence-electron chi connectivity index (χ0n) is 8.79. The third kappa shape index (κ3) is 2.54. The van der Waals surface area contributed by atoms with Crippen LogP contribution in [0, 0.1) is 0 Å². The number of nitrogens with two attached hydrogens (primary N) is 1. The average molecular weight is 252 g/mol. The van der Waals surface area contributed by atoms with Crippen molar-refractivity contribution in [2.45, 2.75) is 6.54 Å². The SMILES string of the molecule is N/C(=N/O)c1ncccc1Cn1cc(Cl)cn1. The van der Waals surface area contributed by atoms with Gasteiger partial charge in [0.05, 0.1) is 17.8 Å². The molecule has 0 unspecified atom stereocenters. The molecular formula is C10H10ClN5O. The van der Waals surface area contributed by atoms with Gasteiger partial charge in [-0.1, -0.05) is 22.8 Å². The van der Waals surface area contributed by atoms with Crippen LogP contribution in [-0.2, 0) is 6.54 Å². The molecule has 0 aliphatic heterocycles. The zero-order chi connectivity index (χ0) is 12.3. The van der Waals surface area contributed by atoms with E-state index in [4.69, 9.17) is 22.5 Å². The number of aromatic nitrogens is 3. The van der Waals surface area contributed by atoms with E-state index in [1.54, 1.807) is 29.3 Å². The first-order valence-electron chi connectivity index (χ1n) is 4.80. The van der Waals surface area contributed by atoms with Crippen molar-refractivity contribution in [1.29, 1.82) is 0 Å². The van der Waals surface area contributed by atoms with Gasteiger partial charge in [-0.25, -0.2) is 0 Å². The molecule has 17 heavy (non-hydrogen) atoms. The average Bonchev–Trinajstić information content (AvgIpc) is 2.74. The third-order valence-electron chi connectivity index (χ3n) is 2.18. The molecule has 0 aliphatic rings. The molecule has 0 saturated heterocycles. The highest BCUT2D eigenvalue weighted by atomic mass is 35.5. The van der Waals surface area contributed by atoms with Gasteiger partial charge in [0.1, 0.15) is 5.69 Å². The molecule has 0 bridgehead atoms. The summed E-state index contributed by atoms with van der Waals surface area (Å²) in [5, 5.41) is 16.2. The topological polar surface area (TPSA) is 89.3 Å². The predicted octanol–water partition coefficient (Wildman–Crippen LogP) is 1.07. The molecule has 7 heteroatoms. The van der Waals surface area contributed by atoms with Crippen LogP contribution in [0.15, 0.2) is 35.9 Å². The Morgan fingerprint density at radius 3 is 3.06 bits per heavy atom. The summed E-state index contributed by atoms with van der Waals surface area (Å²) in [7, 11) is 0. The van der Waals surface area contributed by atoms with Gasteiger partial charge >= 0.3 is 0 Å². The van der Waals surface area contributed by atoms with Crippen LogP contribution in [-0.4, -0.2) is 25.8 Å². The smallest absolute Gasteiger partial charge is 0.189 e.